The second-order valence-electron chi connectivity index (χ2n) is 1.75. The van der Waals surface area contributed by atoms with E-state index in [1.54, 1.807) is 18.2 Å². The Bertz CT molecular complexity index is 258. The van der Waals surface area contributed by atoms with Gasteiger partial charge >= 0.3 is 0 Å². The van der Waals surface area contributed by atoms with Crippen molar-refractivity contribution in [1.29, 1.82) is 0 Å². The predicted molar refractivity (Wildman–Crippen MR) is 44.1 cm³/mol. The maximum Gasteiger partial charge on any atom is 0.129 e. The highest BCUT2D eigenvalue weighted by atomic mass is 35.5. The number of pyridine rings is 1. The van der Waals surface area contributed by atoms with E-state index in [-0.39, 0.29) is 0 Å². The maximum atomic E-state index is 5.58. The molecule has 0 saturated heterocycles. The molecule has 0 bridgehead atoms. The van der Waals surface area contributed by atoms with Crippen molar-refractivity contribution in [1.82, 2.24) is 4.98 Å². The first-order chi connectivity index (χ1) is 4.70. The number of nitrogens with zero attached hydrogens (tertiary/aromatic N) is 1. The summed E-state index contributed by atoms with van der Waals surface area (Å²) < 4.78 is 0. The highest BCUT2D eigenvalue weighted by molar-refractivity contribution is 6.48. The van der Waals surface area contributed by atoms with Gasteiger partial charge in [-0.25, -0.2) is 4.98 Å². The van der Waals surface area contributed by atoms with E-state index in [4.69, 9.17) is 23.2 Å². The molecule has 0 aliphatic heterocycles. The van der Waals surface area contributed by atoms with Crippen LogP contribution in [0.25, 0.3) is 5.03 Å². The fraction of sp³-hybridized carbons (Fsp3) is 0. The molecule has 1 aromatic rings. The molecular formula is C7H5Cl2N. The summed E-state index contributed by atoms with van der Waals surface area (Å²) in [6.07, 6.45) is 0. The summed E-state index contributed by atoms with van der Waals surface area (Å²) >= 11 is 11.1. The Morgan fingerprint density at radius 2 is 2.20 bits per heavy atom. The maximum absolute atomic E-state index is 5.58. The van der Waals surface area contributed by atoms with Crippen molar-refractivity contribution in [2.75, 3.05) is 0 Å². The lowest BCUT2D eigenvalue weighted by atomic mass is 10.3. The van der Waals surface area contributed by atoms with Crippen molar-refractivity contribution in [2.24, 2.45) is 0 Å². The minimum absolute atomic E-state index is 0.405. The van der Waals surface area contributed by atoms with Crippen molar-refractivity contribution in [2.45, 2.75) is 0 Å². The SMILES string of the molecule is C=C(Cl)c1cccc(Cl)n1. The summed E-state index contributed by atoms with van der Waals surface area (Å²) in [6.45, 7) is 3.51. The Kier molecular flexibility index (Phi) is 2.30. The molecule has 0 atom stereocenters. The number of hydrogen-bond acceptors (Lipinski definition) is 1. The Balaban J connectivity index is 3.07. The minimum Gasteiger partial charge on any atom is -0.235 e. The van der Waals surface area contributed by atoms with Gasteiger partial charge in [-0.3, -0.25) is 0 Å². The summed E-state index contributed by atoms with van der Waals surface area (Å²) in [5, 5.41) is 0.835. The average molecular weight is 174 g/mol. The number of rotatable bonds is 1. The zero-order valence-electron chi connectivity index (χ0n) is 5.14. The Labute approximate surface area is 69.3 Å². The first kappa shape index (κ1) is 7.58. The van der Waals surface area contributed by atoms with Crippen molar-refractivity contribution in [3.63, 3.8) is 0 Å². The van der Waals surface area contributed by atoms with Crippen LogP contribution in [0.5, 0.6) is 0 Å². The summed E-state index contributed by atoms with van der Waals surface area (Å²) in [5.41, 5.74) is 0.620. The highest BCUT2D eigenvalue weighted by Crippen LogP contribution is 2.15. The molecule has 52 valence electrons. The van der Waals surface area contributed by atoms with Gasteiger partial charge in [-0.15, -0.1) is 0 Å². The molecule has 1 heterocycles. The molecule has 1 rings (SSSR count). The smallest absolute Gasteiger partial charge is 0.129 e. The number of aromatic nitrogens is 1. The summed E-state index contributed by atoms with van der Waals surface area (Å²) in [5.74, 6) is 0. The van der Waals surface area contributed by atoms with Crippen LogP contribution in [0.2, 0.25) is 5.15 Å². The normalized spacial score (nSPS) is 9.40. The lowest BCUT2D eigenvalue weighted by Gasteiger charge is -1.94. The molecule has 0 unspecified atom stereocenters. The zero-order valence-corrected chi connectivity index (χ0v) is 6.65. The fourth-order valence-electron chi connectivity index (χ4n) is 0.559. The largest absolute Gasteiger partial charge is 0.235 e. The van der Waals surface area contributed by atoms with E-state index in [9.17, 15) is 0 Å². The van der Waals surface area contributed by atoms with Gasteiger partial charge in [-0.1, -0.05) is 35.8 Å². The quantitative estimate of drug-likeness (QED) is 0.596. The van der Waals surface area contributed by atoms with Gasteiger partial charge in [0.15, 0.2) is 0 Å². The molecule has 3 heteroatoms. The summed E-state index contributed by atoms with van der Waals surface area (Å²) in [6, 6.07) is 5.21. The third-order valence-electron chi connectivity index (χ3n) is 0.993. The average Bonchev–Trinajstić information content (AvgIpc) is 1.88. The van der Waals surface area contributed by atoms with Crippen LogP contribution in [-0.4, -0.2) is 4.98 Å². The minimum atomic E-state index is 0.405. The molecule has 0 radical (unpaired) electrons. The molecule has 0 fully saturated rings. The molecule has 0 aliphatic carbocycles. The van der Waals surface area contributed by atoms with Gasteiger partial charge in [0, 0.05) is 0 Å². The first-order valence-corrected chi connectivity index (χ1v) is 3.43. The van der Waals surface area contributed by atoms with Gasteiger partial charge < -0.3 is 0 Å². The van der Waals surface area contributed by atoms with Gasteiger partial charge in [-0.05, 0) is 12.1 Å². The van der Waals surface area contributed by atoms with E-state index in [0.717, 1.165) is 0 Å². The number of halogens is 2. The Hall–Kier alpha value is -0.530. The van der Waals surface area contributed by atoms with Crippen LogP contribution in [0.4, 0.5) is 0 Å². The van der Waals surface area contributed by atoms with Crippen LogP contribution in [0, 0.1) is 0 Å². The lowest BCUT2D eigenvalue weighted by Crippen LogP contribution is -1.81. The lowest BCUT2D eigenvalue weighted by molar-refractivity contribution is 1.29. The van der Waals surface area contributed by atoms with Gasteiger partial charge in [0.1, 0.15) is 5.15 Å². The van der Waals surface area contributed by atoms with E-state index in [0.29, 0.717) is 15.9 Å². The van der Waals surface area contributed by atoms with Gasteiger partial charge in [-0.2, -0.15) is 0 Å². The fourth-order valence-corrected chi connectivity index (χ4v) is 0.828. The predicted octanol–water partition coefficient (Wildman–Crippen LogP) is 2.94. The van der Waals surface area contributed by atoms with Crippen LogP contribution < -0.4 is 0 Å². The molecule has 1 aromatic heterocycles. The molecule has 10 heavy (non-hydrogen) atoms. The second kappa shape index (κ2) is 3.04. The zero-order chi connectivity index (χ0) is 7.56. The van der Waals surface area contributed by atoms with Crippen molar-refractivity contribution >= 4 is 28.2 Å². The van der Waals surface area contributed by atoms with Gasteiger partial charge in [0.25, 0.3) is 0 Å². The van der Waals surface area contributed by atoms with E-state index in [2.05, 4.69) is 11.6 Å². The summed E-state index contributed by atoms with van der Waals surface area (Å²) in [4.78, 5) is 3.91. The third-order valence-corrected chi connectivity index (χ3v) is 1.40. The van der Waals surface area contributed by atoms with Crippen LogP contribution >= 0.6 is 23.2 Å². The first-order valence-electron chi connectivity index (χ1n) is 2.67. The molecule has 0 aliphatic rings. The molecule has 0 spiro atoms. The van der Waals surface area contributed by atoms with Crippen LogP contribution in [0.15, 0.2) is 24.8 Å². The van der Waals surface area contributed by atoms with Gasteiger partial charge in [0.05, 0.1) is 10.7 Å². The molecule has 0 N–H and O–H groups in total. The van der Waals surface area contributed by atoms with E-state index in [1.807, 2.05) is 0 Å². The summed E-state index contributed by atoms with van der Waals surface area (Å²) in [7, 11) is 0. The van der Waals surface area contributed by atoms with E-state index in [1.165, 1.54) is 0 Å². The monoisotopic (exact) mass is 173 g/mol. The van der Waals surface area contributed by atoms with E-state index >= 15 is 0 Å². The Morgan fingerprint density at radius 3 is 2.60 bits per heavy atom. The Morgan fingerprint density at radius 1 is 1.50 bits per heavy atom. The standard InChI is InChI=1S/C7H5Cl2N/c1-5(8)6-3-2-4-7(9)10-6/h2-4H,1H2. The molecule has 0 saturated carbocycles. The number of hydrogen-bond donors (Lipinski definition) is 0. The van der Waals surface area contributed by atoms with Crippen molar-refractivity contribution in [3.8, 4) is 0 Å². The highest BCUT2D eigenvalue weighted by Gasteiger charge is 1.95. The van der Waals surface area contributed by atoms with Crippen LogP contribution in [0.3, 0.4) is 0 Å². The molecule has 0 amide bonds. The van der Waals surface area contributed by atoms with E-state index < -0.39 is 0 Å². The van der Waals surface area contributed by atoms with Crippen LogP contribution in [-0.2, 0) is 0 Å². The topological polar surface area (TPSA) is 12.9 Å². The molecular weight excluding hydrogens is 169 g/mol. The molecule has 0 aromatic carbocycles. The van der Waals surface area contributed by atoms with Crippen LogP contribution in [0.1, 0.15) is 5.69 Å². The van der Waals surface area contributed by atoms with Crippen molar-refractivity contribution in [3.05, 3.63) is 35.6 Å². The molecule has 1 nitrogen and oxygen atoms in total. The second-order valence-corrected chi connectivity index (χ2v) is 2.59. The van der Waals surface area contributed by atoms with Crippen molar-refractivity contribution < 1.29 is 0 Å². The third kappa shape index (κ3) is 1.72. The van der Waals surface area contributed by atoms with Gasteiger partial charge in [0.2, 0.25) is 0 Å².